The molecule has 1 saturated heterocycles. The molecule has 132 valence electrons. The number of hydrogen-bond donors (Lipinski definition) is 1. The van der Waals surface area contributed by atoms with E-state index in [0.717, 1.165) is 12.1 Å². The van der Waals surface area contributed by atoms with Crippen molar-refractivity contribution in [2.45, 2.75) is 6.04 Å². The number of fused-ring (bicyclic) bond motifs is 1. The maximum atomic E-state index is 13.2. The molecule has 0 aromatic heterocycles. The van der Waals surface area contributed by atoms with Crippen molar-refractivity contribution < 1.29 is 14.3 Å². The van der Waals surface area contributed by atoms with Gasteiger partial charge in [0.05, 0.1) is 11.6 Å². The monoisotopic (exact) mass is 380 g/mol. The fourth-order valence-electron chi connectivity index (χ4n) is 3.22. The number of piperazine rings is 1. The first kappa shape index (κ1) is 17.9. The minimum Gasteiger partial charge on any atom is -0.454 e. The van der Waals surface area contributed by atoms with Crippen molar-refractivity contribution in [2.24, 2.45) is 0 Å². The van der Waals surface area contributed by atoms with Crippen molar-refractivity contribution in [3.63, 3.8) is 0 Å². The van der Waals surface area contributed by atoms with Crippen molar-refractivity contribution in [2.75, 3.05) is 26.4 Å². The molecule has 0 radical (unpaired) electrons. The van der Waals surface area contributed by atoms with Crippen LogP contribution in [0.5, 0.6) is 11.5 Å². The van der Waals surface area contributed by atoms with Crippen LogP contribution in [0.4, 0.5) is 0 Å². The van der Waals surface area contributed by atoms with Crippen molar-refractivity contribution in [3.8, 4) is 11.5 Å². The second-order valence-electron chi connectivity index (χ2n) is 5.78. The van der Waals surface area contributed by atoms with Crippen LogP contribution < -0.4 is 14.8 Å². The van der Waals surface area contributed by atoms with Gasteiger partial charge >= 0.3 is 0 Å². The fraction of sp³-hybridized carbons (Fsp3) is 0.278. The van der Waals surface area contributed by atoms with Crippen LogP contribution in [-0.2, 0) is 0 Å². The topological polar surface area (TPSA) is 50.8 Å². The van der Waals surface area contributed by atoms with Crippen LogP contribution in [0.2, 0.25) is 5.02 Å². The Labute approximate surface area is 157 Å². The molecule has 0 saturated carbocycles. The van der Waals surface area contributed by atoms with Crippen LogP contribution >= 0.6 is 24.0 Å². The van der Waals surface area contributed by atoms with Gasteiger partial charge in [-0.2, -0.15) is 0 Å². The first-order valence-electron chi connectivity index (χ1n) is 7.90. The van der Waals surface area contributed by atoms with Crippen LogP contribution in [0.15, 0.2) is 42.5 Å². The highest BCUT2D eigenvalue weighted by Gasteiger charge is 2.32. The zero-order valence-corrected chi connectivity index (χ0v) is 15.0. The molecule has 2 aliphatic rings. The van der Waals surface area contributed by atoms with E-state index in [-0.39, 0.29) is 31.1 Å². The molecule has 4 rings (SSSR count). The first-order chi connectivity index (χ1) is 11.8. The lowest BCUT2D eigenvalue weighted by molar-refractivity contribution is 0.0630. The van der Waals surface area contributed by atoms with Gasteiger partial charge in [-0.05, 0) is 23.8 Å². The molecule has 2 aromatic carbocycles. The number of carbonyl (C=O) groups excluding carboxylic acids is 1. The second kappa shape index (κ2) is 7.52. The highest BCUT2D eigenvalue weighted by molar-refractivity contribution is 6.31. The fourth-order valence-corrected chi connectivity index (χ4v) is 3.49. The van der Waals surface area contributed by atoms with E-state index in [1.165, 1.54) is 0 Å². The SMILES string of the molecule is Cl.O=C(c1cccc2c1OCO2)N1CCNCC1c1ccccc1Cl. The lowest BCUT2D eigenvalue weighted by Gasteiger charge is -2.37. The van der Waals surface area contributed by atoms with Gasteiger partial charge in [0.1, 0.15) is 0 Å². The summed E-state index contributed by atoms with van der Waals surface area (Å²) in [5, 5.41) is 4.01. The summed E-state index contributed by atoms with van der Waals surface area (Å²) < 4.78 is 10.9. The molecule has 1 unspecified atom stereocenters. The third-order valence-corrected chi connectivity index (χ3v) is 4.74. The molecule has 7 heteroatoms. The van der Waals surface area contributed by atoms with Gasteiger partial charge in [0, 0.05) is 24.7 Å². The third kappa shape index (κ3) is 3.27. The lowest BCUT2D eigenvalue weighted by atomic mass is 10.0. The van der Waals surface area contributed by atoms with E-state index < -0.39 is 0 Å². The highest BCUT2D eigenvalue weighted by Crippen LogP contribution is 2.37. The van der Waals surface area contributed by atoms with E-state index in [9.17, 15) is 4.79 Å². The Balaban J connectivity index is 0.00000182. The number of carbonyl (C=O) groups is 1. The molecule has 2 aliphatic heterocycles. The van der Waals surface area contributed by atoms with Crippen LogP contribution in [0, 0.1) is 0 Å². The van der Waals surface area contributed by atoms with Gasteiger partial charge in [0.25, 0.3) is 5.91 Å². The number of amides is 1. The Hall–Kier alpha value is -1.95. The summed E-state index contributed by atoms with van der Waals surface area (Å²) in [5.74, 6) is 1.08. The molecule has 2 aromatic rings. The maximum Gasteiger partial charge on any atom is 0.258 e. The predicted octanol–water partition coefficient (Wildman–Crippen LogP) is 3.28. The largest absolute Gasteiger partial charge is 0.454 e. The predicted molar refractivity (Wildman–Crippen MR) is 97.9 cm³/mol. The number of halogens is 2. The zero-order chi connectivity index (χ0) is 16.5. The van der Waals surface area contributed by atoms with Gasteiger partial charge in [-0.3, -0.25) is 4.79 Å². The van der Waals surface area contributed by atoms with Gasteiger partial charge < -0.3 is 19.7 Å². The molecule has 0 bridgehead atoms. The zero-order valence-electron chi connectivity index (χ0n) is 13.4. The van der Waals surface area contributed by atoms with Crippen molar-refractivity contribution in [1.82, 2.24) is 10.2 Å². The number of nitrogens with one attached hydrogen (secondary N) is 1. The molecule has 1 amide bonds. The first-order valence-corrected chi connectivity index (χ1v) is 8.28. The Morgan fingerprint density at radius 1 is 1.16 bits per heavy atom. The van der Waals surface area contributed by atoms with Crippen LogP contribution in [0.25, 0.3) is 0 Å². The van der Waals surface area contributed by atoms with Crippen LogP contribution in [0.3, 0.4) is 0 Å². The minimum absolute atomic E-state index is 0. The highest BCUT2D eigenvalue weighted by atomic mass is 35.5. The van der Waals surface area contributed by atoms with Gasteiger partial charge in [-0.1, -0.05) is 35.9 Å². The Morgan fingerprint density at radius 3 is 2.84 bits per heavy atom. The number of benzene rings is 2. The van der Waals surface area contributed by atoms with E-state index >= 15 is 0 Å². The molecule has 1 N–H and O–H groups in total. The Morgan fingerprint density at radius 2 is 2.00 bits per heavy atom. The number of hydrogen-bond acceptors (Lipinski definition) is 4. The van der Waals surface area contributed by atoms with E-state index in [1.54, 1.807) is 6.07 Å². The third-order valence-electron chi connectivity index (χ3n) is 4.40. The summed E-state index contributed by atoms with van der Waals surface area (Å²) in [7, 11) is 0. The molecule has 0 aliphatic carbocycles. The normalized spacial score (nSPS) is 18.6. The number of para-hydroxylation sites is 1. The Bertz CT molecular complexity index is 785. The van der Waals surface area contributed by atoms with Gasteiger partial charge in [0.2, 0.25) is 6.79 Å². The summed E-state index contributed by atoms with van der Waals surface area (Å²) in [5.41, 5.74) is 1.48. The van der Waals surface area contributed by atoms with Gasteiger partial charge in [-0.15, -0.1) is 12.4 Å². The quantitative estimate of drug-likeness (QED) is 0.868. The lowest BCUT2D eigenvalue weighted by Crippen LogP contribution is -2.48. The summed E-state index contributed by atoms with van der Waals surface area (Å²) in [6.45, 7) is 2.18. The van der Waals surface area contributed by atoms with E-state index in [2.05, 4.69) is 5.32 Å². The minimum atomic E-state index is -0.113. The summed E-state index contributed by atoms with van der Waals surface area (Å²) >= 11 is 6.36. The van der Waals surface area contributed by atoms with Crippen LogP contribution in [0.1, 0.15) is 22.0 Å². The Kier molecular flexibility index (Phi) is 5.37. The smallest absolute Gasteiger partial charge is 0.258 e. The summed E-state index contributed by atoms with van der Waals surface area (Å²) in [6, 6.07) is 12.9. The van der Waals surface area contributed by atoms with Crippen LogP contribution in [-0.4, -0.2) is 37.2 Å². The van der Waals surface area contributed by atoms with E-state index in [1.807, 2.05) is 41.3 Å². The molecule has 25 heavy (non-hydrogen) atoms. The molecule has 1 fully saturated rings. The maximum absolute atomic E-state index is 13.2. The van der Waals surface area contributed by atoms with E-state index in [0.29, 0.717) is 35.2 Å². The van der Waals surface area contributed by atoms with Crippen molar-refractivity contribution >= 4 is 29.9 Å². The number of nitrogens with zero attached hydrogens (tertiary/aromatic N) is 1. The molecular weight excluding hydrogens is 363 g/mol. The average molecular weight is 381 g/mol. The number of rotatable bonds is 2. The van der Waals surface area contributed by atoms with Crippen molar-refractivity contribution in [3.05, 3.63) is 58.6 Å². The summed E-state index contributed by atoms with van der Waals surface area (Å²) in [6.07, 6.45) is 0. The van der Waals surface area contributed by atoms with E-state index in [4.69, 9.17) is 21.1 Å². The molecule has 2 heterocycles. The molecule has 1 atom stereocenters. The summed E-state index contributed by atoms with van der Waals surface area (Å²) in [4.78, 5) is 15.0. The standard InChI is InChI=1S/C18H17ClN2O3.ClH/c19-14-6-2-1-4-12(14)15-10-20-8-9-21(15)18(22)13-5-3-7-16-17(13)24-11-23-16;/h1-7,15,20H,8-11H2;1H. The number of ether oxygens (including phenoxy) is 2. The van der Waals surface area contributed by atoms with Gasteiger partial charge in [0.15, 0.2) is 11.5 Å². The van der Waals surface area contributed by atoms with Gasteiger partial charge in [-0.25, -0.2) is 0 Å². The molecular formula is C18H18Cl2N2O3. The van der Waals surface area contributed by atoms with Crippen molar-refractivity contribution in [1.29, 1.82) is 0 Å². The molecule has 0 spiro atoms. The molecule has 5 nitrogen and oxygen atoms in total. The second-order valence-corrected chi connectivity index (χ2v) is 6.19. The average Bonchev–Trinajstić information content (AvgIpc) is 3.10.